The molecule has 0 aromatic heterocycles. The number of methoxy groups -OCH3 is 1. The predicted octanol–water partition coefficient (Wildman–Crippen LogP) is -0.555. The molecule has 0 aliphatic carbocycles. The molecular formula is C10H20O7. The van der Waals surface area contributed by atoms with Gasteiger partial charge in [-0.05, 0) is 6.92 Å². The number of ether oxygens (including phenoxy) is 3. The van der Waals surface area contributed by atoms with Crippen LogP contribution in [0.4, 0.5) is 0 Å². The number of aliphatic hydroxyl groups excluding tert-OH is 2. The first-order chi connectivity index (χ1) is 7.88. The zero-order valence-electron chi connectivity index (χ0n) is 10.5. The SMILES string of the molecule is COC(OC(C)=O)C(C)OC(C)=O.OCCO. The van der Waals surface area contributed by atoms with Gasteiger partial charge < -0.3 is 24.4 Å². The summed E-state index contributed by atoms with van der Waals surface area (Å²) in [5.74, 6) is -0.924. The van der Waals surface area contributed by atoms with Gasteiger partial charge in [-0.2, -0.15) is 0 Å². The Kier molecular flexibility index (Phi) is 12.1. The maximum absolute atomic E-state index is 10.6. The highest BCUT2D eigenvalue weighted by molar-refractivity contribution is 5.67. The summed E-state index contributed by atoms with van der Waals surface area (Å²) >= 11 is 0. The molecule has 7 nitrogen and oxygen atoms in total. The largest absolute Gasteiger partial charge is 0.456 e. The Morgan fingerprint density at radius 2 is 1.47 bits per heavy atom. The third-order valence-electron chi connectivity index (χ3n) is 1.35. The van der Waals surface area contributed by atoms with Gasteiger partial charge in [0.25, 0.3) is 0 Å². The van der Waals surface area contributed by atoms with Crippen molar-refractivity contribution in [2.45, 2.75) is 33.2 Å². The van der Waals surface area contributed by atoms with E-state index in [1.165, 1.54) is 21.0 Å². The summed E-state index contributed by atoms with van der Waals surface area (Å²) in [6, 6.07) is 0. The monoisotopic (exact) mass is 252 g/mol. The highest BCUT2D eigenvalue weighted by atomic mass is 16.7. The molecule has 0 saturated heterocycles. The third kappa shape index (κ3) is 12.8. The summed E-state index contributed by atoms with van der Waals surface area (Å²) in [4.78, 5) is 21.1. The quantitative estimate of drug-likeness (QED) is 0.499. The first-order valence-electron chi connectivity index (χ1n) is 4.97. The van der Waals surface area contributed by atoms with Crippen molar-refractivity contribution in [1.82, 2.24) is 0 Å². The lowest BCUT2D eigenvalue weighted by Gasteiger charge is -2.21. The second-order valence-electron chi connectivity index (χ2n) is 2.98. The van der Waals surface area contributed by atoms with Crippen LogP contribution in [0.5, 0.6) is 0 Å². The molecule has 2 atom stereocenters. The Hall–Kier alpha value is -1.18. The number of hydrogen-bond donors (Lipinski definition) is 2. The van der Waals surface area contributed by atoms with E-state index < -0.39 is 24.3 Å². The van der Waals surface area contributed by atoms with Gasteiger partial charge in [0.1, 0.15) is 0 Å². The zero-order chi connectivity index (χ0) is 13.8. The summed E-state index contributed by atoms with van der Waals surface area (Å²) in [7, 11) is 1.37. The molecule has 0 saturated carbocycles. The topological polar surface area (TPSA) is 102 Å². The van der Waals surface area contributed by atoms with Crippen LogP contribution in [0, 0.1) is 0 Å². The molecule has 0 fully saturated rings. The minimum atomic E-state index is -0.846. The molecule has 0 radical (unpaired) electrons. The normalized spacial score (nSPS) is 12.8. The highest BCUT2D eigenvalue weighted by Crippen LogP contribution is 2.05. The van der Waals surface area contributed by atoms with Crippen LogP contribution < -0.4 is 0 Å². The Labute approximate surface area is 100 Å². The van der Waals surface area contributed by atoms with Crippen molar-refractivity contribution in [2.75, 3.05) is 20.3 Å². The molecule has 0 bridgehead atoms. The number of rotatable bonds is 5. The van der Waals surface area contributed by atoms with Gasteiger partial charge in [0.05, 0.1) is 13.2 Å². The minimum absolute atomic E-state index is 0.125. The Balaban J connectivity index is 0. The average Bonchev–Trinajstić information content (AvgIpc) is 2.24. The van der Waals surface area contributed by atoms with Gasteiger partial charge in [0.2, 0.25) is 6.29 Å². The third-order valence-corrected chi connectivity index (χ3v) is 1.35. The van der Waals surface area contributed by atoms with Crippen LogP contribution in [0.2, 0.25) is 0 Å². The second kappa shape index (κ2) is 11.3. The molecule has 0 heterocycles. The van der Waals surface area contributed by atoms with E-state index >= 15 is 0 Å². The molecule has 0 rings (SSSR count). The summed E-state index contributed by atoms with van der Waals surface area (Å²) in [6.07, 6.45) is -1.45. The molecular weight excluding hydrogens is 232 g/mol. The standard InChI is InChI=1S/C8H14O5.C2H6O2/c1-5(12-6(2)9)8(11-4)13-7(3)10;3-1-2-4/h5,8H,1-4H3;3-4H,1-2H2. The number of carbonyl (C=O) groups is 2. The van der Waals surface area contributed by atoms with Crippen LogP contribution in [0.3, 0.4) is 0 Å². The van der Waals surface area contributed by atoms with Crippen LogP contribution in [0.15, 0.2) is 0 Å². The molecule has 0 spiro atoms. The maximum Gasteiger partial charge on any atom is 0.305 e. The zero-order valence-corrected chi connectivity index (χ0v) is 10.5. The summed E-state index contributed by atoms with van der Waals surface area (Å²) in [5, 5.41) is 15.2. The first-order valence-corrected chi connectivity index (χ1v) is 4.97. The molecule has 102 valence electrons. The molecule has 7 heteroatoms. The lowest BCUT2D eigenvalue weighted by Crippen LogP contribution is -2.33. The van der Waals surface area contributed by atoms with E-state index in [1.54, 1.807) is 6.92 Å². The molecule has 0 aromatic rings. The van der Waals surface area contributed by atoms with Crippen molar-refractivity contribution < 1.29 is 34.0 Å². The lowest BCUT2D eigenvalue weighted by molar-refractivity contribution is -0.201. The molecule has 0 aliphatic rings. The first kappa shape index (κ1) is 18.2. The molecule has 0 aromatic carbocycles. The van der Waals surface area contributed by atoms with Gasteiger partial charge in [-0.1, -0.05) is 0 Å². The number of aliphatic hydroxyl groups is 2. The fourth-order valence-corrected chi connectivity index (χ4v) is 0.816. The van der Waals surface area contributed by atoms with E-state index in [1.807, 2.05) is 0 Å². The van der Waals surface area contributed by atoms with Crippen molar-refractivity contribution in [3.8, 4) is 0 Å². The van der Waals surface area contributed by atoms with E-state index in [4.69, 9.17) is 24.4 Å². The molecule has 2 unspecified atom stereocenters. The maximum atomic E-state index is 10.6. The smallest absolute Gasteiger partial charge is 0.305 e. The lowest BCUT2D eigenvalue weighted by atomic mass is 10.4. The van der Waals surface area contributed by atoms with Crippen LogP contribution in [0.25, 0.3) is 0 Å². The Morgan fingerprint density at radius 1 is 1.06 bits per heavy atom. The fourth-order valence-electron chi connectivity index (χ4n) is 0.816. The van der Waals surface area contributed by atoms with Gasteiger partial charge in [-0.15, -0.1) is 0 Å². The van der Waals surface area contributed by atoms with E-state index in [0.29, 0.717) is 0 Å². The average molecular weight is 252 g/mol. The summed E-state index contributed by atoms with van der Waals surface area (Å²) in [5.41, 5.74) is 0. The van der Waals surface area contributed by atoms with Gasteiger partial charge in [0.15, 0.2) is 6.10 Å². The van der Waals surface area contributed by atoms with E-state index in [0.717, 1.165) is 0 Å². The molecule has 0 aliphatic heterocycles. The Bertz CT molecular complexity index is 215. The van der Waals surface area contributed by atoms with E-state index in [-0.39, 0.29) is 13.2 Å². The second-order valence-corrected chi connectivity index (χ2v) is 2.98. The van der Waals surface area contributed by atoms with Gasteiger partial charge >= 0.3 is 11.9 Å². The number of carbonyl (C=O) groups excluding carboxylic acids is 2. The van der Waals surface area contributed by atoms with Crippen molar-refractivity contribution >= 4 is 11.9 Å². The Morgan fingerprint density at radius 3 is 1.71 bits per heavy atom. The minimum Gasteiger partial charge on any atom is -0.456 e. The molecule has 2 N–H and O–H groups in total. The molecule has 17 heavy (non-hydrogen) atoms. The summed E-state index contributed by atoms with van der Waals surface area (Å²) in [6.45, 7) is 3.86. The van der Waals surface area contributed by atoms with E-state index in [2.05, 4.69) is 0 Å². The fraction of sp³-hybridized carbons (Fsp3) is 0.800. The van der Waals surface area contributed by atoms with Crippen molar-refractivity contribution in [1.29, 1.82) is 0 Å². The van der Waals surface area contributed by atoms with Crippen LogP contribution in [0.1, 0.15) is 20.8 Å². The van der Waals surface area contributed by atoms with Gasteiger partial charge in [-0.3, -0.25) is 9.59 Å². The van der Waals surface area contributed by atoms with Crippen LogP contribution >= 0.6 is 0 Å². The number of esters is 2. The van der Waals surface area contributed by atoms with Gasteiger partial charge in [-0.25, -0.2) is 0 Å². The van der Waals surface area contributed by atoms with Crippen molar-refractivity contribution in [3.63, 3.8) is 0 Å². The summed E-state index contributed by atoms with van der Waals surface area (Å²) < 4.78 is 14.3. The van der Waals surface area contributed by atoms with Crippen molar-refractivity contribution in [2.24, 2.45) is 0 Å². The highest BCUT2D eigenvalue weighted by Gasteiger charge is 2.21. The van der Waals surface area contributed by atoms with Crippen molar-refractivity contribution in [3.05, 3.63) is 0 Å². The van der Waals surface area contributed by atoms with E-state index in [9.17, 15) is 9.59 Å². The number of hydrogen-bond acceptors (Lipinski definition) is 7. The van der Waals surface area contributed by atoms with Crippen LogP contribution in [-0.2, 0) is 23.8 Å². The predicted molar refractivity (Wildman–Crippen MR) is 58.0 cm³/mol. The van der Waals surface area contributed by atoms with Gasteiger partial charge in [0, 0.05) is 21.0 Å². The van der Waals surface area contributed by atoms with Crippen LogP contribution in [-0.4, -0.2) is 54.9 Å². The molecule has 0 amide bonds.